The third-order valence-corrected chi connectivity index (χ3v) is 5.64. The Balaban J connectivity index is 1.66. The zero-order valence-electron chi connectivity index (χ0n) is 16.2. The third kappa shape index (κ3) is 3.81. The number of halogens is 3. The molecule has 2 heterocycles. The predicted octanol–water partition coefficient (Wildman–Crippen LogP) is 5.26. The number of ether oxygens (including phenoxy) is 1. The van der Waals surface area contributed by atoms with Crippen molar-refractivity contribution in [1.29, 1.82) is 0 Å². The molecule has 0 aliphatic heterocycles. The summed E-state index contributed by atoms with van der Waals surface area (Å²) in [6.07, 6.45) is 1.63. The van der Waals surface area contributed by atoms with Gasteiger partial charge in [-0.1, -0.05) is 0 Å². The van der Waals surface area contributed by atoms with E-state index in [-0.39, 0.29) is 11.6 Å². The van der Waals surface area contributed by atoms with Crippen molar-refractivity contribution >= 4 is 11.0 Å². The second-order valence-electron chi connectivity index (χ2n) is 7.57. The number of aromatic nitrogens is 3. The molecule has 1 aliphatic carbocycles. The molecule has 3 aromatic rings. The number of alkyl halides is 3. The number of hydrogen-bond donors (Lipinski definition) is 1. The Morgan fingerprint density at radius 2 is 1.86 bits per heavy atom. The highest BCUT2D eigenvalue weighted by Gasteiger charge is 2.32. The van der Waals surface area contributed by atoms with Gasteiger partial charge >= 0.3 is 6.18 Å². The largest absolute Gasteiger partial charge is 0.507 e. The number of pyridine rings is 1. The SMILES string of the molecule is COC1CCC(n2cc3ccc(-c4c(C)cc(C(F)(F)F)cc4O)nc3n2)CC1. The van der Waals surface area contributed by atoms with Crippen LogP contribution in [0.3, 0.4) is 0 Å². The number of hydrogen-bond acceptors (Lipinski definition) is 4. The predicted molar refractivity (Wildman–Crippen MR) is 103 cm³/mol. The van der Waals surface area contributed by atoms with E-state index in [1.807, 2.05) is 16.9 Å². The van der Waals surface area contributed by atoms with Gasteiger partial charge in [-0.25, -0.2) is 4.98 Å². The fourth-order valence-electron chi connectivity index (χ4n) is 4.06. The fraction of sp³-hybridized carbons (Fsp3) is 0.429. The number of fused-ring (bicyclic) bond motifs is 1. The highest BCUT2D eigenvalue weighted by atomic mass is 19.4. The first-order valence-corrected chi connectivity index (χ1v) is 9.56. The number of rotatable bonds is 3. The van der Waals surface area contributed by atoms with Crippen LogP contribution in [0.15, 0.2) is 30.5 Å². The van der Waals surface area contributed by atoms with Crippen LogP contribution in [0.25, 0.3) is 22.3 Å². The van der Waals surface area contributed by atoms with Crippen LogP contribution in [0.2, 0.25) is 0 Å². The molecule has 0 saturated heterocycles. The van der Waals surface area contributed by atoms with Gasteiger partial charge in [-0.05, 0) is 62.4 Å². The van der Waals surface area contributed by atoms with Gasteiger partial charge in [0.2, 0.25) is 0 Å². The van der Waals surface area contributed by atoms with Gasteiger partial charge in [0.25, 0.3) is 0 Å². The van der Waals surface area contributed by atoms with Gasteiger partial charge in [0.1, 0.15) is 5.75 Å². The Morgan fingerprint density at radius 1 is 1.14 bits per heavy atom. The van der Waals surface area contributed by atoms with Crippen LogP contribution in [-0.2, 0) is 10.9 Å². The molecule has 0 spiro atoms. The zero-order chi connectivity index (χ0) is 20.8. The van der Waals surface area contributed by atoms with Gasteiger partial charge in [-0.3, -0.25) is 4.68 Å². The summed E-state index contributed by atoms with van der Waals surface area (Å²) in [4.78, 5) is 4.51. The topological polar surface area (TPSA) is 60.2 Å². The number of phenols is 1. The van der Waals surface area contributed by atoms with E-state index in [4.69, 9.17) is 4.74 Å². The van der Waals surface area contributed by atoms with Crippen molar-refractivity contribution < 1.29 is 23.0 Å². The molecule has 0 unspecified atom stereocenters. The molecule has 2 aromatic heterocycles. The molecule has 0 radical (unpaired) electrons. The summed E-state index contributed by atoms with van der Waals surface area (Å²) in [5, 5.41) is 15.7. The first-order chi connectivity index (χ1) is 13.8. The van der Waals surface area contributed by atoms with Gasteiger partial charge in [-0.15, -0.1) is 0 Å². The summed E-state index contributed by atoms with van der Waals surface area (Å²) in [5.74, 6) is -0.443. The molecular weight excluding hydrogens is 383 g/mol. The highest BCUT2D eigenvalue weighted by molar-refractivity contribution is 5.80. The van der Waals surface area contributed by atoms with E-state index >= 15 is 0 Å². The quantitative estimate of drug-likeness (QED) is 0.646. The Morgan fingerprint density at radius 3 is 2.48 bits per heavy atom. The molecule has 29 heavy (non-hydrogen) atoms. The minimum absolute atomic E-state index is 0.278. The molecule has 0 amide bonds. The van der Waals surface area contributed by atoms with E-state index in [0.29, 0.717) is 23.0 Å². The van der Waals surface area contributed by atoms with E-state index in [0.717, 1.165) is 43.2 Å². The Kier molecular flexibility index (Phi) is 4.98. The summed E-state index contributed by atoms with van der Waals surface area (Å²) in [6.45, 7) is 1.53. The molecule has 0 atom stereocenters. The Bertz CT molecular complexity index is 1010. The zero-order valence-corrected chi connectivity index (χ0v) is 16.2. The average molecular weight is 405 g/mol. The highest BCUT2D eigenvalue weighted by Crippen LogP contribution is 2.39. The first-order valence-electron chi connectivity index (χ1n) is 9.56. The molecule has 0 bridgehead atoms. The maximum atomic E-state index is 13.0. The summed E-state index contributed by atoms with van der Waals surface area (Å²) >= 11 is 0. The van der Waals surface area contributed by atoms with Gasteiger partial charge in [0.05, 0.1) is 23.4 Å². The molecular formula is C21H22F3N3O2. The van der Waals surface area contributed by atoms with Gasteiger partial charge < -0.3 is 9.84 Å². The van der Waals surface area contributed by atoms with Crippen LogP contribution in [0.1, 0.15) is 42.9 Å². The number of benzene rings is 1. The summed E-state index contributed by atoms with van der Waals surface area (Å²) in [6, 6.07) is 5.57. The van der Waals surface area contributed by atoms with E-state index < -0.39 is 17.5 Å². The molecule has 5 nitrogen and oxygen atoms in total. The normalized spacial score (nSPS) is 20.3. The number of phenolic OH excluding ortho intramolecular Hbond substituents is 1. The molecule has 154 valence electrons. The van der Waals surface area contributed by atoms with Crippen molar-refractivity contribution in [3.63, 3.8) is 0 Å². The first kappa shape index (κ1) is 19.7. The lowest BCUT2D eigenvalue weighted by Crippen LogP contribution is -2.22. The molecule has 1 aromatic carbocycles. The lowest BCUT2D eigenvalue weighted by molar-refractivity contribution is -0.137. The number of nitrogens with zero attached hydrogens (tertiary/aromatic N) is 3. The molecule has 1 N–H and O–H groups in total. The maximum Gasteiger partial charge on any atom is 0.416 e. The van der Waals surface area contributed by atoms with Crippen molar-refractivity contribution in [2.24, 2.45) is 0 Å². The molecule has 1 fully saturated rings. The van der Waals surface area contributed by atoms with E-state index in [9.17, 15) is 18.3 Å². The second kappa shape index (κ2) is 7.33. The van der Waals surface area contributed by atoms with Crippen molar-refractivity contribution in [2.75, 3.05) is 7.11 Å². The Labute approximate surface area is 166 Å². The molecule has 1 saturated carbocycles. The minimum atomic E-state index is -4.52. The van der Waals surface area contributed by atoms with E-state index in [2.05, 4.69) is 10.1 Å². The van der Waals surface area contributed by atoms with Crippen LogP contribution < -0.4 is 0 Å². The number of aromatic hydroxyl groups is 1. The van der Waals surface area contributed by atoms with Crippen LogP contribution >= 0.6 is 0 Å². The fourth-order valence-corrected chi connectivity index (χ4v) is 4.06. The maximum absolute atomic E-state index is 13.0. The monoisotopic (exact) mass is 405 g/mol. The third-order valence-electron chi connectivity index (χ3n) is 5.64. The van der Waals surface area contributed by atoms with Crippen LogP contribution in [0.5, 0.6) is 5.75 Å². The summed E-state index contributed by atoms with van der Waals surface area (Å²) in [5.41, 5.74) is 0.620. The summed E-state index contributed by atoms with van der Waals surface area (Å²) < 4.78 is 46.2. The van der Waals surface area contributed by atoms with Crippen molar-refractivity contribution in [3.05, 3.63) is 41.6 Å². The minimum Gasteiger partial charge on any atom is -0.507 e. The van der Waals surface area contributed by atoms with Crippen molar-refractivity contribution in [1.82, 2.24) is 14.8 Å². The molecule has 8 heteroatoms. The average Bonchev–Trinajstić information content (AvgIpc) is 3.10. The van der Waals surface area contributed by atoms with Crippen LogP contribution in [0, 0.1) is 6.92 Å². The van der Waals surface area contributed by atoms with Gasteiger partial charge in [0.15, 0.2) is 5.65 Å². The summed E-state index contributed by atoms with van der Waals surface area (Å²) in [7, 11) is 1.73. The Hall–Kier alpha value is -2.61. The van der Waals surface area contributed by atoms with Crippen LogP contribution in [0.4, 0.5) is 13.2 Å². The van der Waals surface area contributed by atoms with Gasteiger partial charge in [0, 0.05) is 24.3 Å². The van der Waals surface area contributed by atoms with Crippen molar-refractivity contribution in [2.45, 2.75) is 50.9 Å². The van der Waals surface area contributed by atoms with Gasteiger partial charge in [-0.2, -0.15) is 18.3 Å². The second-order valence-corrected chi connectivity index (χ2v) is 7.57. The smallest absolute Gasteiger partial charge is 0.416 e. The standard InChI is InChI=1S/C21H22F3N3O2/c1-12-9-14(21(22,23)24)10-18(28)19(12)17-8-3-13-11-27(26-20(13)25-17)15-4-6-16(29-2)7-5-15/h3,8-11,15-16,28H,4-7H2,1-2H3. The number of methoxy groups -OCH3 is 1. The lowest BCUT2D eigenvalue weighted by Gasteiger charge is -2.27. The van der Waals surface area contributed by atoms with E-state index in [1.165, 1.54) is 6.92 Å². The molecule has 1 aliphatic rings. The lowest BCUT2D eigenvalue weighted by atomic mass is 9.93. The van der Waals surface area contributed by atoms with E-state index in [1.54, 1.807) is 13.2 Å². The van der Waals surface area contributed by atoms with Crippen molar-refractivity contribution in [3.8, 4) is 17.0 Å². The number of aryl methyl sites for hydroxylation is 1. The molecule has 4 rings (SSSR count). The van der Waals surface area contributed by atoms with Crippen LogP contribution in [-0.4, -0.2) is 33.1 Å².